The van der Waals surface area contributed by atoms with E-state index in [-0.39, 0.29) is 5.41 Å². The first kappa shape index (κ1) is 15.8. The first-order chi connectivity index (χ1) is 12.6. The van der Waals surface area contributed by atoms with Crippen molar-refractivity contribution in [3.05, 3.63) is 66.2 Å². The smallest absolute Gasteiger partial charge is 0.0665 e. The highest BCUT2D eigenvalue weighted by molar-refractivity contribution is 7.99. The van der Waals surface area contributed by atoms with E-state index in [1.54, 1.807) is 0 Å². The molecule has 2 aromatic carbocycles. The van der Waals surface area contributed by atoms with Crippen molar-refractivity contribution in [2.75, 3.05) is 5.75 Å². The van der Waals surface area contributed by atoms with E-state index in [1.165, 1.54) is 35.5 Å². The number of thioether (sulfide) groups is 1. The van der Waals surface area contributed by atoms with E-state index >= 15 is 0 Å². The van der Waals surface area contributed by atoms with Crippen LogP contribution in [0.15, 0.2) is 65.6 Å². The molecular formula is C24H26OS. The minimum atomic E-state index is -0.408. The summed E-state index contributed by atoms with van der Waals surface area (Å²) in [6.07, 6.45) is 7.05. The largest absolute Gasteiger partial charge is 0.390 e. The van der Waals surface area contributed by atoms with Crippen molar-refractivity contribution in [1.82, 2.24) is 0 Å². The zero-order valence-electron chi connectivity index (χ0n) is 15.2. The third-order valence-corrected chi connectivity index (χ3v) is 9.71. The molecule has 4 aliphatic rings. The van der Waals surface area contributed by atoms with Crippen LogP contribution in [0.1, 0.15) is 44.1 Å². The number of fused-ring (bicyclic) bond motifs is 2. The van der Waals surface area contributed by atoms with Crippen molar-refractivity contribution in [1.29, 1.82) is 0 Å². The van der Waals surface area contributed by atoms with Gasteiger partial charge >= 0.3 is 0 Å². The van der Waals surface area contributed by atoms with Crippen molar-refractivity contribution in [2.24, 2.45) is 16.7 Å². The maximum atomic E-state index is 11.4. The van der Waals surface area contributed by atoms with Crippen molar-refractivity contribution < 1.29 is 5.11 Å². The van der Waals surface area contributed by atoms with E-state index in [1.807, 2.05) is 11.8 Å². The lowest BCUT2D eigenvalue weighted by atomic mass is 9.37. The van der Waals surface area contributed by atoms with Crippen LogP contribution in [0, 0.1) is 16.7 Å². The third kappa shape index (κ3) is 1.78. The van der Waals surface area contributed by atoms with Gasteiger partial charge in [0, 0.05) is 16.1 Å². The Morgan fingerprint density at radius 1 is 0.846 bits per heavy atom. The lowest BCUT2D eigenvalue weighted by Gasteiger charge is -2.67. The topological polar surface area (TPSA) is 20.2 Å². The molecule has 2 heteroatoms. The Morgan fingerprint density at radius 3 is 2.35 bits per heavy atom. The van der Waals surface area contributed by atoms with Crippen LogP contribution in [-0.4, -0.2) is 16.5 Å². The van der Waals surface area contributed by atoms with Crippen molar-refractivity contribution >= 4 is 11.8 Å². The Bertz CT molecular complexity index is 851. The number of rotatable bonds is 4. The lowest BCUT2D eigenvalue weighted by molar-refractivity contribution is -0.113. The van der Waals surface area contributed by atoms with Gasteiger partial charge in [0.2, 0.25) is 0 Å². The maximum absolute atomic E-state index is 11.4. The quantitative estimate of drug-likeness (QED) is 0.732. The van der Waals surface area contributed by atoms with Gasteiger partial charge in [-0.25, -0.2) is 0 Å². The van der Waals surface area contributed by atoms with Gasteiger partial charge in [0.1, 0.15) is 0 Å². The molecule has 4 aliphatic carbocycles. The Labute approximate surface area is 160 Å². The van der Waals surface area contributed by atoms with Crippen LogP contribution in [0.3, 0.4) is 0 Å². The average Bonchev–Trinajstić information content (AvgIpc) is 2.93. The summed E-state index contributed by atoms with van der Waals surface area (Å²) in [7, 11) is 0. The van der Waals surface area contributed by atoms with Crippen molar-refractivity contribution in [2.45, 2.75) is 54.4 Å². The van der Waals surface area contributed by atoms with E-state index in [0.29, 0.717) is 10.8 Å². The molecule has 134 valence electrons. The highest BCUT2D eigenvalue weighted by atomic mass is 32.2. The number of hydrogen-bond donors (Lipinski definition) is 1. The van der Waals surface area contributed by atoms with Gasteiger partial charge in [-0.05, 0) is 73.0 Å². The van der Waals surface area contributed by atoms with Crippen LogP contribution in [0.25, 0.3) is 0 Å². The van der Waals surface area contributed by atoms with E-state index < -0.39 is 5.60 Å². The predicted octanol–water partition coefficient (Wildman–Crippen LogP) is 5.43. The summed E-state index contributed by atoms with van der Waals surface area (Å²) in [4.78, 5) is 1.39. The van der Waals surface area contributed by atoms with Gasteiger partial charge < -0.3 is 5.11 Å². The van der Waals surface area contributed by atoms with Crippen LogP contribution in [-0.2, 0) is 5.41 Å². The Kier molecular flexibility index (Phi) is 3.01. The van der Waals surface area contributed by atoms with Crippen LogP contribution in [0.4, 0.5) is 0 Å². The number of aliphatic hydroxyl groups is 1. The summed E-state index contributed by atoms with van der Waals surface area (Å²) >= 11 is 2.05. The van der Waals surface area contributed by atoms with Crippen LogP contribution >= 0.6 is 11.8 Å². The van der Waals surface area contributed by atoms with E-state index in [2.05, 4.69) is 60.7 Å². The van der Waals surface area contributed by atoms with Crippen LogP contribution in [0.2, 0.25) is 0 Å². The molecule has 1 nitrogen and oxygen atoms in total. The highest BCUT2D eigenvalue weighted by Gasteiger charge is 2.83. The molecular weight excluding hydrogens is 336 g/mol. The molecule has 0 aliphatic heterocycles. The van der Waals surface area contributed by atoms with E-state index in [4.69, 9.17) is 0 Å². The molecule has 5 atom stereocenters. The Morgan fingerprint density at radius 2 is 1.58 bits per heavy atom. The fourth-order valence-electron chi connectivity index (χ4n) is 8.01. The van der Waals surface area contributed by atoms with Gasteiger partial charge in [-0.2, -0.15) is 0 Å². The second kappa shape index (κ2) is 4.97. The van der Waals surface area contributed by atoms with Gasteiger partial charge in [-0.3, -0.25) is 0 Å². The van der Waals surface area contributed by atoms with Crippen LogP contribution in [0.5, 0.6) is 0 Å². The van der Waals surface area contributed by atoms with Gasteiger partial charge in [-0.15, -0.1) is 11.8 Å². The molecule has 4 saturated carbocycles. The monoisotopic (exact) mass is 362 g/mol. The molecule has 26 heavy (non-hydrogen) atoms. The molecule has 3 bridgehead atoms. The Balaban J connectivity index is 1.40. The molecule has 6 rings (SSSR count). The first-order valence-corrected chi connectivity index (χ1v) is 11.0. The lowest BCUT2D eigenvalue weighted by Crippen LogP contribution is -2.63. The molecule has 0 saturated heterocycles. The second-order valence-corrected chi connectivity index (χ2v) is 10.7. The molecule has 5 unspecified atom stereocenters. The number of benzene rings is 2. The SMILES string of the molecule is OC12CC3CC4(CSc5ccccc5)CC(c5ccccc5)(C1)C4(C3)C2. The first-order valence-electron chi connectivity index (χ1n) is 10.0. The molecule has 0 radical (unpaired) electrons. The summed E-state index contributed by atoms with van der Waals surface area (Å²) in [5.41, 5.74) is 2.08. The minimum absolute atomic E-state index is 0.228. The Hall–Kier alpha value is -1.25. The van der Waals surface area contributed by atoms with Crippen LogP contribution < -0.4 is 0 Å². The van der Waals surface area contributed by atoms with Crippen molar-refractivity contribution in [3.8, 4) is 0 Å². The van der Waals surface area contributed by atoms with Gasteiger partial charge in [-0.1, -0.05) is 48.5 Å². The molecule has 0 aromatic heterocycles. The highest BCUT2D eigenvalue weighted by Crippen LogP contribution is 2.87. The van der Waals surface area contributed by atoms with Crippen molar-refractivity contribution in [3.63, 3.8) is 0 Å². The molecule has 4 fully saturated rings. The normalized spacial score (nSPS) is 44.7. The van der Waals surface area contributed by atoms with Gasteiger partial charge in [0.25, 0.3) is 0 Å². The maximum Gasteiger partial charge on any atom is 0.0665 e. The zero-order valence-corrected chi connectivity index (χ0v) is 16.0. The molecule has 1 N–H and O–H groups in total. The van der Waals surface area contributed by atoms with Gasteiger partial charge in [0.15, 0.2) is 0 Å². The number of hydrogen-bond acceptors (Lipinski definition) is 2. The van der Waals surface area contributed by atoms with E-state index in [9.17, 15) is 5.11 Å². The summed E-state index contributed by atoms with van der Waals surface area (Å²) < 4.78 is 0. The molecule has 0 amide bonds. The second-order valence-electron chi connectivity index (χ2n) is 9.65. The molecule has 2 aromatic rings. The predicted molar refractivity (Wildman–Crippen MR) is 106 cm³/mol. The summed E-state index contributed by atoms with van der Waals surface area (Å²) in [5.74, 6) is 1.95. The standard InChI is InChI=1S/C24H26OS/c25-22-12-18-11-21(17-26-20-9-5-2-6-10-20)14-23(15-22,24(21,13-18)16-22)19-7-3-1-4-8-19/h1-10,18,25H,11-17H2. The summed E-state index contributed by atoms with van der Waals surface area (Å²) in [6.45, 7) is 0. The fraction of sp³-hybridized carbons (Fsp3) is 0.500. The minimum Gasteiger partial charge on any atom is -0.390 e. The zero-order chi connectivity index (χ0) is 17.5. The average molecular weight is 363 g/mol. The fourth-order valence-corrected chi connectivity index (χ4v) is 9.30. The molecule has 0 heterocycles. The summed E-state index contributed by atoms with van der Waals surface area (Å²) in [6, 6.07) is 22.1. The third-order valence-electron chi connectivity index (χ3n) is 8.40. The molecule has 1 spiro atoms. The van der Waals surface area contributed by atoms with Gasteiger partial charge in [0.05, 0.1) is 5.60 Å². The van der Waals surface area contributed by atoms with E-state index in [0.717, 1.165) is 25.2 Å². The summed E-state index contributed by atoms with van der Waals surface area (Å²) in [5, 5.41) is 11.4.